The smallest absolute Gasteiger partial charge is 0.337 e. The van der Waals surface area contributed by atoms with Gasteiger partial charge >= 0.3 is 5.97 Å². The fourth-order valence-electron chi connectivity index (χ4n) is 2.58. The molecule has 0 aromatic heterocycles. The van der Waals surface area contributed by atoms with Crippen LogP contribution in [-0.4, -0.2) is 30.1 Å². The van der Waals surface area contributed by atoms with Crippen LogP contribution in [0.3, 0.4) is 0 Å². The molecule has 0 saturated carbocycles. The SMILES string of the molecule is Cc1cc(N2CCCC(C(N)=O)C2)cc(C(=O)O)c1N. The number of anilines is 2. The Morgan fingerprint density at radius 1 is 1.40 bits per heavy atom. The maximum Gasteiger partial charge on any atom is 0.337 e. The first-order valence-electron chi connectivity index (χ1n) is 6.58. The van der Waals surface area contributed by atoms with Gasteiger partial charge in [0.1, 0.15) is 0 Å². The van der Waals surface area contributed by atoms with Gasteiger partial charge in [-0.1, -0.05) is 0 Å². The van der Waals surface area contributed by atoms with Crippen molar-refractivity contribution in [2.75, 3.05) is 23.7 Å². The van der Waals surface area contributed by atoms with Crippen molar-refractivity contribution in [3.63, 3.8) is 0 Å². The molecule has 5 N–H and O–H groups in total. The Balaban J connectivity index is 2.33. The predicted octanol–water partition coefficient (Wildman–Crippen LogP) is 0.977. The first-order chi connectivity index (χ1) is 9.40. The molecule has 1 aliphatic heterocycles. The summed E-state index contributed by atoms with van der Waals surface area (Å²) < 4.78 is 0. The number of amides is 1. The first-order valence-corrected chi connectivity index (χ1v) is 6.58. The number of carboxylic acids is 1. The number of carbonyl (C=O) groups is 2. The van der Waals surface area contributed by atoms with E-state index in [-0.39, 0.29) is 23.1 Å². The Morgan fingerprint density at radius 3 is 2.70 bits per heavy atom. The van der Waals surface area contributed by atoms with Crippen molar-refractivity contribution in [3.05, 3.63) is 23.3 Å². The molecule has 0 aliphatic carbocycles. The third-order valence-corrected chi connectivity index (χ3v) is 3.79. The minimum atomic E-state index is -1.05. The van der Waals surface area contributed by atoms with Crippen LogP contribution in [0.25, 0.3) is 0 Å². The Bertz CT molecular complexity index is 557. The molecule has 1 unspecified atom stereocenters. The van der Waals surface area contributed by atoms with Gasteiger partial charge < -0.3 is 21.5 Å². The molecule has 1 fully saturated rings. The van der Waals surface area contributed by atoms with E-state index in [0.29, 0.717) is 6.54 Å². The molecule has 1 amide bonds. The number of carboxylic acid groups (broad SMARTS) is 1. The highest BCUT2D eigenvalue weighted by molar-refractivity contribution is 5.96. The van der Waals surface area contributed by atoms with E-state index < -0.39 is 5.97 Å². The zero-order valence-corrected chi connectivity index (χ0v) is 11.4. The molecule has 1 aliphatic rings. The molecule has 20 heavy (non-hydrogen) atoms. The third-order valence-electron chi connectivity index (χ3n) is 3.79. The Hall–Kier alpha value is -2.24. The maximum atomic E-state index is 11.3. The van der Waals surface area contributed by atoms with Crippen molar-refractivity contribution in [1.82, 2.24) is 0 Å². The lowest BCUT2D eigenvalue weighted by Gasteiger charge is -2.33. The lowest BCUT2D eigenvalue weighted by molar-refractivity contribution is -0.122. The van der Waals surface area contributed by atoms with Crippen molar-refractivity contribution in [2.45, 2.75) is 19.8 Å². The maximum absolute atomic E-state index is 11.3. The number of nitrogen functional groups attached to an aromatic ring is 1. The van der Waals surface area contributed by atoms with Gasteiger partial charge in [-0.05, 0) is 37.5 Å². The van der Waals surface area contributed by atoms with Gasteiger partial charge in [0, 0.05) is 24.5 Å². The van der Waals surface area contributed by atoms with Crippen molar-refractivity contribution < 1.29 is 14.7 Å². The summed E-state index contributed by atoms with van der Waals surface area (Å²) in [6, 6.07) is 3.42. The number of hydrogen-bond donors (Lipinski definition) is 3. The van der Waals surface area contributed by atoms with E-state index in [2.05, 4.69) is 0 Å². The normalized spacial score (nSPS) is 18.9. The average Bonchev–Trinajstić information content (AvgIpc) is 2.41. The molecule has 108 valence electrons. The summed E-state index contributed by atoms with van der Waals surface area (Å²) in [5, 5.41) is 9.18. The fraction of sp³-hybridized carbons (Fsp3) is 0.429. The number of aryl methyl sites for hydroxylation is 1. The monoisotopic (exact) mass is 277 g/mol. The van der Waals surface area contributed by atoms with Gasteiger partial charge in [-0.2, -0.15) is 0 Å². The summed E-state index contributed by atoms with van der Waals surface area (Å²) in [7, 11) is 0. The van der Waals surface area contributed by atoms with Gasteiger partial charge in [0.05, 0.1) is 11.5 Å². The average molecular weight is 277 g/mol. The molecule has 1 saturated heterocycles. The summed E-state index contributed by atoms with van der Waals surface area (Å²) in [5.74, 6) is -1.54. The first kappa shape index (κ1) is 14.2. The number of piperidine rings is 1. The van der Waals surface area contributed by atoms with Crippen LogP contribution in [0.2, 0.25) is 0 Å². The van der Waals surface area contributed by atoms with E-state index in [1.54, 1.807) is 13.0 Å². The highest BCUT2D eigenvalue weighted by Crippen LogP contribution is 2.28. The van der Waals surface area contributed by atoms with Crippen molar-refractivity contribution >= 4 is 23.3 Å². The van der Waals surface area contributed by atoms with Gasteiger partial charge in [0.2, 0.25) is 5.91 Å². The zero-order valence-electron chi connectivity index (χ0n) is 11.4. The molecule has 1 heterocycles. The van der Waals surface area contributed by atoms with Crippen molar-refractivity contribution in [1.29, 1.82) is 0 Å². The summed E-state index contributed by atoms with van der Waals surface area (Å²) in [5.41, 5.74) is 13.0. The van der Waals surface area contributed by atoms with E-state index in [1.165, 1.54) is 0 Å². The molecule has 1 aromatic rings. The largest absolute Gasteiger partial charge is 0.478 e. The molecular formula is C14H19N3O3. The van der Waals surface area contributed by atoms with Gasteiger partial charge in [-0.3, -0.25) is 4.79 Å². The molecule has 6 nitrogen and oxygen atoms in total. The second-order valence-corrected chi connectivity index (χ2v) is 5.22. The van der Waals surface area contributed by atoms with Crippen LogP contribution in [-0.2, 0) is 4.79 Å². The van der Waals surface area contributed by atoms with Crippen LogP contribution in [0.1, 0.15) is 28.8 Å². The number of primary amides is 1. The van der Waals surface area contributed by atoms with E-state index in [0.717, 1.165) is 30.6 Å². The van der Waals surface area contributed by atoms with Gasteiger partial charge in [-0.15, -0.1) is 0 Å². The van der Waals surface area contributed by atoms with E-state index >= 15 is 0 Å². The number of aromatic carboxylic acids is 1. The van der Waals surface area contributed by atoms with Gasteiger partial charge in [0.15, 0.2) is 0 Å². The number of rotatable bonds is 3. The minimum absolute atomic E-state index is 0.0983. The molecule has 0 bridgehead atoms. The molecule has 6 heteroatoms. The highest BCUT2D eigenvalue weighted by Gasteiger charge is 2.25. The topological polar surface area (TPSA) is 110 Å². The van der Waals surface area contributed by atoms with E-state index in [1.807, 2.05) is 11.0 Å². The van der Waals surface area contributed by atoms with Gasteiger partial charge in [-0.25, -0.2) is 4.79 Å². The number of nitrogens with zero attached hydrogens (tertiary/aromatic N) is 1. The second-order valence-electron chi connectivity index (χ2n) is 5.22. The van der Waals surface area contributed by atoms with Crippen LogP contribution in [0.5, 0.6) is 0 Å². The highest BCUT2D eigenvalue weighted by atomic mass is 16.4. The number of benzene rings is 1. The van der Waals surface area contributed by atoms with Crippen LogP contribution in [0, 0.1) is 12.8 Å². The molecule has 1 atom stereocenters. The predicted molar refractivity (Wildman–Crippen MR) is 76.7 cm³/mol. The second kappa shape index (κ2) is 5.40. The molecule has 2 rings (SSSR count). The standard InChI is InChI=1S/C14H19N3O3/c1-8-5-10(6-11(12(8)15)14(19)20)17-4-2-3-9(7-17)13(16)18/h5-6,9H,2-4,7,15H2,1H3,(H2,16,18)(H,19,20). The zero-order chi connectivity index (χ0) is 14.9. The minimum Gasteiger partial charge on any atom is -0.478 e. The lowest BCUT2D eigenvalue weighted by Crippen LogP contribution is -2.41. The van der Waals surface area contributed by atoms with Crippen LogP contribution >= 0.6 is 0 Å². The summed E-state index contributed by atoms with van der Waals surface area (Å²) >= 11 is 0. The van der Waals surface area contributed by atoms with Crippen LogP contribution < -0.4 is 16.4 Å². The Morgan fingerprint density at radius 2 is 2.10 bits per heavy atom. The van der Waals surface area contributed by atoms with Crippen molar-refractivity contribution in [3.8, 4) is 0 Å². The summed E-state index contributed by atoms with van der Waals surface area (Å²) in [6.45, 7) is 3.09. The Kier molecular flexibility index (Phi) is 3.83. The third kappa shape index (κ3) is 2.68. The molecule has 0 spiro atoms. The lowest BCUT2D eigenvalue weighted by atomic mass is 9.96. The number of nitrogens with two attached hydrogens (primary N) is 2. The van der Waals surface area contributed by atoms with Crippen molar-refractivity contribution in [2.24, 2.45) is 11.7 Å². The van der Waals surface area contributed by atoms with Gasteiger partial charge in [0.25, 0.3) is 0 Å². The van der Waals surface area contributed by atoms with Crippen LogP contribution in [0.15, 0.2) is 12.1 Å². The molecule has 0 radical (unpaired) electrons. The Labute approximate surface area is 117 Å². The quantitative estimate of drug-likeness (QED) is 0.713. The summed E-state index contributed by atoms with van der Waals surface area (Å²) in [4.78, 5) is 24.5. The fourth-order valence-corrected chi connectivity index (χ4v) is 2.58. The molecular weight excluding hydrogens is 258 g/mol. The van der Waals surface area contributed by atoms with E-state index in [4.69, 9.17) is 11.5 Å². The number of hydrogen-bond acceptors (Lipinski definition) is 4. The summed E-state index contributed by atoms with van der Waals surface area (Å²) in [6.07, 6.45) is 1.64. The number of carbonyl (C=O) groups excluding carboxylic acids is 1. The van der Waals surface area contributed by atoms with Crippen LogP contribution in [0.4, 0.5) is 11.4 Å². The molecule has 1 aromatic carbocycles. The van der Waals surface area contributed by atoms with E-state index in [9.17, 15) is 14.7 Å².